The fourth-order valence-corrected chi connectivity index (χ4v) is 2.57. The van der Waals surface area contributed by atoms with Crippen molar-refractivity contribution in [3.8, 4) is 5.75 Å². The van der Waals surface area contributed by atoms with Crippen LogP contribution >= 0.6 is 15.9 Å². The van der Waals surface area contributed by atoms with E-state index in [9.17, 15) is 4.79 Å². The zero-order valence-corrected chi connectivity index (χ0v) is 12.5. The molecule has 1 heterocycles. The number of hydrogen-bond acceptors (Lipinski definition) is 2. The predicted octanol–water partition coefficient (Wildman–Crippen LogP) is 3.42. The molecule has 2 aromatic rings. The SMILES string of the molecule is O=C(Cc1ccc(Br)cc1)N1CCOc2ccccc21. The molecule has 0 aliphatic carbocycles. The van der Waals surface area contributed by atoms with E-state index in [1.807, 2.05) is 48.5 Å². The third-order valence-corrected chi connectivity index (χ3v) is 3.83. The van der Waals surface area contributed by atoms with Crippen LogP contribution in [0.5, 0.6) is 5.75 Å². The van der Waals surface area contributed by atoms with Crippen molar-refractivity contribution < 1.29 is 9.53 Å². The lowest BCUT2D eigenvalue weighted by Crippen LogP contribution is -2.38. The summed E-state index contributed by atoms with van der Waals surface area (Å²) in [6.45, 7) is 1.15. The van der Waals surface area contributed by atoms with Crippen molar-refractivity contribution in [3.63, 3.8) is 0 Å². The zero-order valence-electron chi connectivity index (χ0n) is 10.9. The van der Waals surface area contributed by atoms with Gasteiger partial charge in [-0.2, -0.15) is 0 Å². The highest BCUT2D eigenvalue weighted by molar-refractivity contribution is 9.10. The number of benzene rings is 2. The molecule has 2 aromatic carbocycles. The second kappa shape index (κ2) is 5.67. The van der Waals surface area contributed by atoms with Crippen molar-refractivity contribution >= 4 is 27.5 Å². The Morgan fingerprint density at radius 1 is 1.15 bits per heavy atom. The molecule has 0 unspecified atom stereocenters. The second-order valence-electron chi connectivity index (χ2n) is 4.66. The van der Waals surface area contributed by atoms with Gasteiger partial charge in [0.25, 0.3) is 0 Å². The van der Waals surface area contributed by atoms with E-state index < -0.39 is 0 Å². The van der Waals surface area contributed by atoms with E-state index in [2.05, 4.69) is 15.9 Å². The van der Waals surface area contributed by atoms with Crippen LogP contribution in [0.15, 0.2) is 53.0 Å². The van der Waals surface area contributed by atoms with E-state index in [4.69, 9.17) is 4.74 Å². The Bertz CT molecular complexity index is 625. The first-order valence-electron chi connectivity index (χ1n) is 6.51. The maximum atomic E-state index is 12.5. The van der Waals surface area contributed by atoms with E-state index in [0.29, 0.717) is 19.6 Å². The normalized spacial score (nSPS) is 13.6. The maximum Gasteiger partial charge on any atom is 0.231 e. The number of fused-ring (bicyclic) bond motifs is 1. The first kappa shape index (κ1) is 13.2. The van der Waals surface area contributed by atoms with Gasteiger partial charge in [-0.3, -0.25) is 4.79 Å². The Hall–Kier alpha value is -1.81. The number of carbonyl (C=O) groups is 1. The molecule has 102 valence electrons. The molecular formula is C16H14BrNO2. The minimum Gasteiger partial charge on any atom is -0.490 e. The molecule has 0 N–H and O–H groups in total. The van der Waals surface area contributed by atoms with Crippen molar-refractivity contribution in [2.45, 2.75) is 6.42 Å². The topological polar surface area (TPSA) is 29.5 Å². The van der Waals surface area contributed by atoms with Crippen LogP contribution in [-0.4, -0.2) is 19.1 Å². The molecule has 3 nitrogen and oxygen atoms in total. The molecule has 0 spiro atoms. The van der Waals surface area contributed by atoms with Crippen molar-refractivity contribution in [1.29, 1.82) is 0 Å². The Labute approximate surface area is 126 Å². The van der Waals surface area contributed by atoms with E-state index >= 15 is 0 Å². The lowest BCUT2D eigenvalue weighted by atomic mass is 10.1. The van der Waals surface area contributed by atoms with Crippen LogP contribution in [-0.2, 0) is 11.2 Å². The molecule has 4 heteroatoms. The average molecular weight is 332 g/mol. The van der Waals surface area contributed by atoms with Crippen LogP contribution < -0.4 is 9.64 Å². The van der Waals surface area contributed by atoms with Gasteiger partial charge < -0.3 is 9.64 Å². The highest BCUT2D eigenvalue weighted by Crippen LogP contribution is 2.31. The van der Waals surface area contributed by atoms with Crippen molar-refractivity contribution in [3.05, 3.63) is 58.6 Å². The van der Waals surface area contributed by atoms with Gasteiger partial charge >= 0.3 is 0 Å². The van der Waals surface area contributed by atoms with Crippen LogP contribution in [0, 0.1) is 0 Å². The van der Waals surface area contributed by atoms with Gasteiger partial charge in [-0.15, -0.1) is 0 Å². The molecule has 0 saturated heterocycles. The Morgan fingerprint density at radius 2 is 1.90 bits per heavy atom. The first-order valence-corrected chi connectivity index (χ1v) is 7.30. The van der Waals surface area contributed by atoms with Gasteiger partial charge in [-0.25, -0.2) is 0 Å². The fraction of sp³-hybridized carbons (Fsp3) is 0.188. The lowest BCUT2D eigenvalue weighted by molar-refractivity contribution is -0.118. The molecule has 1 aliphatic rings. The quantitative estimate of drug-likeness (QED) is 0.843. The average Bonchev–Trinajstić information content (AvgIpc) is 2.49. The third-order valence-electron chi connectivity index (χ3n) is 3.30. The third kappa shape index (κ3) is 2.70. The van der Waals surface area contributed by atoms with Crippen LogP contribution in [0.1, 0.15) is 5.56 Å². The number of amides is 1. The number of anilines is 1. The van der Waals surface area contributed by atoms with Gasteiger partial charge in [0.2, 0.25) is 5.91 Å². The Kier molecular flexibility index (Phi) is 3.74. The van der Waals surface area contributed by atoms with Gasteiger partial charge in [-0.05, 0) is 29.8 Å². The molecule has 0 aromatic heterocycles. The van der Waals surface area contributed by atoms with Crippen molar-refractivity contribution in [1.82, 2.24) is 0 Å². The summed E-state index contributed by atoms with van der Waals surface area (Å²) in [6, 6.07) is 15.5. The summed E-state index contributed by atoms with van der Waals surface area (Å²) in [5.41, 5.74) is 1.88. The van der Waals surface area contributed by atoms with Gasteiger partial charge in [0, 0.05) is 4.47 Å². The Balaban J connectivity index is 1.80. The molecular weight excluding hydrogens is 318 g/mol. The van der Waals surface area contributed by atoms with E-state index in [1.165, 1.54) is 0 Å². The summed E-state index contributed by atoms with van der Waals surface area (Å²) >= 11 is 3.40. The highest BCUT2D eigenvalue weighted by atomic mass is 79.9. The van der Waals surface area contributed by atoms with Crippen LogP contribution in [0.2, 0.25) is 0 Å². The summed E-state index contributed by atoms with van der Waals surface area (Å²) in [4.78, 5) is 14.3. The molecule has 1 aliphatic heterocycles. The number of ether oxygens (including phenoxy) is 1. The monoisotopic (exact) mass is 331 g/mol. The number of hydrogen-bond donors (Lipinski definition) is 0. The summed E-state index contributed by atoms with van der Waals surface area (Å²) in [7, 11) is 0. The van der Waals surface area contributed by atoms with Gasteiger partial charge in [0.1, 0.15) is 12.4 Å². The molecule has 3 rings (SSSR count). The molecule has 1 amide bonds. The summed E-state index contributed by atoms with van der Waals surface area (Å²) in [5, 5.41) is 0. The standard InChI is InChI=1S/C16H14BrNO2/c17-13-7-5-12(6-8-13)11-16(19)18-9-10-20-15-4-2-1-3-14(15)18/h1-8H,9-11H2. The largest absolute Gasteiger partial charge is 0.490 e. The molecule has 0 bridgehead atoms. The highest BCUT2D eigenvalue weighted by Gasteiger charge is 2.23. The zero-order chi connectivity index (χ0) is 13.9. The number of para-hydroxylation sites is 2. The number of halogens is 1. The predicted molar refractivity (Wildman–Crippen MR) is 82.1 cm³/mol. The van der Waals surface area contributed by atoms with Gasteiger partial charge in [-0.1, -0.05) is 40.2 Å². The fourth-order valence-electron chi connectivity index (χ4n) is 2.30. The number of nitrogens with zero attached hydrogens (tertiary/aromatic N) is 1. The summed E-state index contributed by atoms with van der Waals surface area (Å²) in [6.07, 6.45) is 0.404. The van der Waals surface area contributed by atoms with E-state index in [0.717, 1.165) is 21.5 Å². The van der Waals surface area contributed by atoms with Gasteiger partial charge in [0.05, 0.1) is 18.7 Å². The molecule has 20 heavy (non-hydrogen) atoms. The molecule has 0 radical (unpaired) electrons. The minimum atomic E-state index is 0.100. The molecule has 0 atom stereocenters. The van der Waals surface area contributed by atoms with Gasteiger partial charge in [0.15, 0.2) is 0 Å². The number of carbonyl (C=O) groups excluding carboxylic acids is 1. The van der Waals surface area contributed by atoms with Crippen molar-refractivity contribution in [2.24, 2.45) is 0 Å². The minimum absolute atomic E-state index is 0.100. The molecule has 0 saturated carbocycles. The number of rotatable bonds is 2. The first-order chi connectivity index (χ1) is 9.74. The smallest absolute Gasteiger partial charge is 0.231 e. The summed E-state index contributed by atoms with van der Waals surface area (Å²) < 4.78 is 6.59. The van der Waals surface area contributed by atoms with Crippen LogP contribution in [0.3, 0.4) is 0 Å². The molecule has 0 fully saturated rings. The van der Waals surface area contributed by atoms with E-state index in [1.54, 1.807) is 4.90 Å². The van der Waals surface area contributed by atoms with Crippen LogP contribution in [0.4, 0.5) is 5.69 Å². The van der Waals surface area contributed by atoms with E-state index in [-0.39, 0.29) is 5.91 Å². The lowest BCUT2D eigenvalue weighted by Gasteiger charge is -2.29. The maximum absolute atomic E-state index is 12.5. The Morgan fingerprint density at radius 3 is 2.70 bits per heavy atom. The second-order valence-corrected chi connectivity index (χ2v) is 5.58. The van der Waals surface area contributed by atoms with Crippen molar-refractivity contribution in [2.75, 3.05) is 18.1 Å². The van der Waals surface area contributed by atoms with Crippen LogP contribution in [0.25, 0.3) is 0 Å². The summed E-state index contributed by atoms with van der Waals surface area (Å²) in [5.74, 6) is 0.881.